The zero-order valence-electron chi connectivity index (χ0n) is 10.9. The van der Waals surface area contributed by atoms with Gasteiger partial charge < -0.3 is 9.73 Å². The van der Waals surface area contributed by atoms with E-state index in [0.29, 0.717) is 0 Å². The smallest absolute Gasteiger partial charge is 0.108 e. The van der Waals surface area contributed by atoms with Crippen molar-refractivity contribution in [3.8, 4) is 0 Å². The first kappa shape index (κ1) is 13.4. The number of rotatable bonds is 5. The van der Waals surface area contributed by atoms with E-state index in [1.807, 2.05) is 24.0 Å². The third-order valence-electron chi connectivity index (χ3n) is 3.03. The Balaban J connectivity index is 2.46. The summed E-state index contributed by atoms with van der Waals surface area (Å²) in [4.78, 5) is 0. The van der Waals surface area contributed by atoms with E-state index in [1.165, 1.54) is 5.56 Å². The maximum atomic E-state index is 5.53. The fraction of sp³-hybridized carbons (Fsp3) is 0.462. The summed E-state index contributed by atoms with van der Waals surface area (Å²) in [5.41, 5.74) is 2.30. The van der Waals surface area contributed by atoms with E-state index in [9.17, 15) is 0 Å². The summed E-state index contributed by atoms with van der Waals surface area (Å²) in [7, 11) is 1.95. The van der Waals surface area contributed by atoms with Gasteiger partial charge >= 0.3 is 0 Å². The highest BCUT2D eigenvalue weighted by atomic mass is 79.9. The molecule has 1 N–H and O–H groups in total. The Morgan fingerprint density at radius 2 is 2.28 bits per heavy atom. The van der Waals surface area contributed by atoms with Gasteiger partial charge in [-0.15, -0.1) is 0 Å². The number of furan rings is 1. The number of nitrogens with one attached hydrogen (secondary N) is 1. The first-order chi connectivity index (χ1) is 8.69. The SMILES string of the molecule is CCNC(c1ccoc1CC)c1c(Br)cnn1C. The summed E-state index contributed by atoms with van der Waals surface area (Å²) in [5.74, 6) is 1.02. The topological polar surface area (TPSA) is 43.0 Å². The second kappa shape index (κ2) is 5.71. The van der Waals surface area contributed by atoms with Gasteiger partial charge in [-0.3, -0.25) is 4.68 Å². The van der Waals surface area contributed by atoms with Crippen molar-refractivity contribution in [3.63, 3.8) is 0 Å². The lowest BCUT2D eigenvalue weighted by atomic mass is 10.0. The highest BCUT2D eigenvalue weighted by Crippen LogP contribution is 2.30. The molecule has 0 aromatic carbocycles. The minimum absolute atomic E-state index is 0.102. The molecule has 0 amide bonds. The van der Waals surface area contributed by atoms with Gasteiger partial charge in [0.15, 0.2) is 0 Å². The lowest BCUT2D eigenvalue weighted by Crippen LogP contribution is -2.25. The van der Waals surface area contributed by atoms with Crippen LogP contribution in [0.15, 0.2) is 27.4 Å². The summed E-state index contributed by atoms with van der Waals surface area (Å²) < 4.78 is 8.44. The number of hydrogen-bond donors (Lipinski definition) is 1. The first-order valence-electron chi connectivity index (χ1n) is 6.16. The molecule has 0 spiro atoms. The molecule has 1 unspecified atom stereocenters. The Hall–Kier alpha value is -1.07. The zero-order chi connectivity index (χ0) is 13.1. The van der Waals surface area contributed by atoms with E-state index in [4.69, 9.17) is 4.42 Å². The van der Waals surface area contributed by atoms with Crippen molar-refractivity contribution in [2.24, 2.45) is 7.05 Å². The number of nitrogens with zero attached hydrogens (tertiary/aromatic N) is 2. The number of hydrogen-bond acceptors (Lipinski definition) is 3. The van der Waals surface area contributed by atoms with E-state index < -0.39 is 0 Å². The van der Waals surface area contributed by atoms with E-state index in [1.54, 1.807) is 6.26 Å². The summed E-state index contributed by atoms with van der Waals surface area (Å²) in [5, 5.41) is 7.78. The van der Waals surface area contributed by atoms with Crippen LogP contribution < -0.4 is 5.32 Å². The van der Waals surface area contributed by atoms with Crippen LogP contribution in [0.25, 0.3) is 0 Å². The van der Waals surface area contributed by atoms with Crippen molar-refractivity contribution in [2.45, 2.75) is 26.3 Å². The quantitative estimate of drug-likeness (QED) is 0.923. The van der Waals surface area contributed by atoms with E-state index >= 15 is 0 Å². The third-order valence-corrected chi connectivity index (χ3v) is 3.64. The van der Waals surface area contributed by atoms with Crippen LogP contribution in [0.1, 0.15) is 36.9 Å². The van der Waals surface area contributed by atoms with Crippen LogP contribution >= 0.6 is 15.9 Å². The molecule has 4 nitrogen and oxygen atoms in total. The fourth-order valence-corrected chi connectivity index (χ4v) is 2.78. The molecular weight excluding hydrogens is 294 g/mol. The average molecular weight is 312 g/mol. The summed E-state index contributed by atoms with van der Waals surface area (Å²) in [6.07, 6.45) is 4.47. The van der Waals surface area contributed by atoms with Crippen LogP contribution in [-0.4, -0.2) is 16.3 Å². The van der Waals surface area contributed by atoms with Crippen molar-refractivity contribution in [3.05, 3.63) is 40.0 Å². The Labute approximate surface area is 115 Å². The van der Waals surface area contributed by atoms with Crippen LogP contribution in [0.3, 0.4) is 0 Å². The van der Waals surface area contributed by atoms with Crippen LogP contribution in [-0.2, 0) is 13.5 Å². The Morgan fingerprint density at radius 3 is 2.83 bits per heavy atom. The Kier molecular flexibility index (Phi) is 4.24. The minimum Gasteiger partial charge on any atom is -0.469 e. The summed E-state index contributed by atoms with van der Waals surface area (Å²) in [6, 6.07) is 2.14. The highest BCUT2D eigenvalue weighted by Gasteiger charge is 2.23. The number of aryl methyl sites for hydroxylation is 2. The molecule has 98 valence electrons. The van der Waals surface area contributed by atoms with Gasteiger partial charge in [-0.25, -0.2) is 0 Å². The predicted molar refractivity (Wildman–Crippen MR) is 74.5 cm³/mol. The molecule has 0 radical (unpaired) electrons. The molecule has 2 rings (SSSR count). The van der Waals surface area contributed by atoms with Gasteiger partial charge in [-0.2, -0.15) is 5.10 Å². The molecule has 2 aromatic heterocycles. The largest absolute Gasteiger partial charge is 0.469 e. The van der Waals surface area contributed by atoms with Crippen molar-refractivity contribution in [1.29, 1.82) is 0 Å². The lowest BCUT2D eigenvalue weighted by molar-refractivity contribution is 0.496. The molecule has 5 heteroatoms. The third kappa shape index (κ3) is 2.37. The standard InChI is InChI=1S/C13H18BrN3O/c1-4-11-9(6-7-18-11)12(15-5-2)13-10(14)8-16-17(13)3/h6-8,12,15H,4-5H2,1-3H3. The number of aromatic nitrogens is 2. The van der Waals surface area contributed by atoms with E-state index in [-0.39, 0.29) is 6.04 Å². The van der Waals surface area contributed by atoms with Crippen LogP contribution in [0.2, 0.25) is 0 Å². The molecule has 2 heterocycles. The molecular formula is C13H18BrN3O. The molecule has 0 bridgehead atoms. The van der Waals surface area contributed by atoms with Crippen LogP contribution in [0.5, 0.6) is 0 Å². The van der Waals surface area contributed by atoms with Crippen molar-refractivity contribution < 1.29 is 4.42 Å². The van der Waals surface area contributed by atoms with Crippen LogP contribution in [0.4, 0.5) is 0 Å². The van der Waals surface area contributed by atoms with Gasteiger partial charge in [0, 0.05) is 19.0 Å². The predicted octanol–water partition coefficient (Wildman–Crippen LogP) is 3.04. The van der Waals surface area contributed by atoms with E-state index in [0.717, 1.165) is 28.9 Å². The van der Waals surface area contributed by atoms with E-state index in [2.05, 4.69) is 40.2 Å². The van der Waals surface area contributed by atoms with Gasteiger partial charge in [0.1, 0.15) is 5.76 Å². The Bertz CT molecular complexity index is 499. The average Bonchev–Trinajstić information content (AvgIpc) is 2.94. The second-order valence-corrected chi connectivity index (χ2v) is 5.00. The fourth-order valence-electron chi connectivity index (χ4n) is 2.20. The second-order valence-electron chi connectivity index (χ2n) is 4.14. The van der Waals surface area contributed by atoms with Gasteiger partial charge in [0.05, 0.1) is 28.7 Å². The lowest BCUT2D eigenvalue weighted by Gasteiger charge is -2.19. The van der Waals surface area contributed by atoms with Crippen LogP contribution in [0, 0.1) is 0 Å². The molecule has 0 fully saturated rings. The minimum atomic E-state index is 0.102. The molecule has 18 heavy (non-hydrogen) atoms. The monoisotopic (exact) mass is 311 g/mol. The Morgan fingerprint density at radius 1 is 1.50 bits per heavy atom. The normalized spacial score (nSPS) is 12.9. The van der Waals surface area contributed by atoms with Gasteiger partial charge in [-0.05, 0) is 28.5 Å². The first-order valence-corrected chi connectivity index (χ1v) is 6.95. The van der Waals surface area contributed by atoms with Gasteiger partial charge in [-0.1, -0.05) is 13.8 Å². The summed E-state index contributed by atoms with van der Waals surface area (Å²) >= 11 is 3.57. The van der Waals surface area contributed by atoms with Crippen molar-refractivity contribution in [1.82, 2.24) is 15.1 Å². The number of halogens is 1. The molecule has 0 aliphatic heterocycles. The molecule has 0 aliphatic rings. The maximum Gasteiger partial charge on any atom is 0.108 e. The van der Waals surface area contributed by atoms with Crippen molar-refractivity contribution >= 4 is 15.9 Å². The molecule has 0 aliphatic carbocycles. The molecule has 1 atom stereocenters. The van der Waals surface area contributed by atoms with Gasteiger partial charge in [0.25, 0.3) is 0 Å². The molecule has 0 saturated heterocycles. The maximum absolute atomic E-state index is 5.53. The highest BCUT2D eigenvalue weighted by molar-refractivity contribution is 9.10. The zero-order valence-corrected chi connectivity index (χ0v) is 12.5. The molecule has 0 saturated carbocycles. The van der Waals surface area contributed by atoms with Gasteiger partial charge in [0.2, 0.25) is 0 Å². The molecule has 2 aromatic rings. The summed E-state index contributed by atoms with van der Waals surface area (Å²) in [6.45, 7) is 5.09. The van der Waals surface area contributed by atoms with Crippen molar-refractivity contribution in [2.75, 3.05) is 6.54 Å².